The third-order valence-corrected chi connectivity index (χ3v) is 15.3. The van der Waals surface area contributed by atoms with Crippen molar-refractivity contribution in [2.24, 2.45) is 0 Å². The second-order valence-electron chi connectivity index (χ2n) is 15.6. The van der Waals surface area contributed by atoms with Crippen LogP contribution in [0.15, 0.2) is 206 Å². The van der Waals surface area contributed by atoms with Crippen LogP contribution in [-0.4, -0.2) is 23.0 Å². The number of rotatable bonds is 7. The molecule has 3 nitrogen and oxygen atoms in total. The standard InChI is InChI=1S/C54H41N3Si/c1-58(2)49-29-17-15-27-46(49)51(47-28-16-18-30-50(47)58)45-32-31-41(44-34-42(37-19-7-3-8-20-37)33-43(35-44)38-21-9-4-10-22-38)36-48(45)54-56-52(39-23-11-5-12-24-39)55-53(57-54)40-25-13-6-14-26-40/h3-36,51H,1-2H3. The van der Waals surface area contributed by atoms with Gasteiger partial charge >= 0.3 is 0 Å². The van der Waals surface area contributed by atoms with Crippen molar-refractivity contribution < 1.29 is 0 Å². The van der Waals surface area contributed by atoms with E-state index in [4.69, 9.17) is 15.0 Å². The lowest BCUT2D eigenvalue weighted by molar-refractivity contribution is 0.975. The maximum atomic E-state index is 5.35. The Morgan fingerprint density at radius 2 is 0.690 bits per heavy atom. The van der Waals surface area contributed by atoms with Crippen LogP contribution >= 0.6 is 0 Å². The number of benzene rings is 8. The lowest BCUT2D eigenvalue weighted by Gasteiger charge is -2.39. The molecule has 10 rings (SSSR count). The Bertz CT molecular complexity index is 2740. The van der Waals surface area contributed by atoms with Gasteiger partial charge in [0.25, 0.3) is 0 Å². The van der Waals surface area contributed by atoms with Crippen LogP contribution in [0.3, 0.4) is 0 Å². The predicted molar refractivity (Wildman–Crippen MR) is 243 cm³/mol. The molecule has 0 spiro atoms. The molecular formula is C54H41N3Si. The Morgan fingerprint density at radius 3 is 1.16 bits per heavy atom. The van der Waals surface area contributed by atoms with Crippen molar-refractivity contribution >= 4 is 18.4 Å². The third-order valence-electron chi connectivity index (χ3n) is 11.7. The first-order valence-corrected chi connectivity index (χ1v) is 23.0. The van der Waals surface area contributed by atoms with Gasteiger partial charge in [-0.25, -0.2) is 15.0 Å². The summed E-state index contributed by atoms with van der Waals surface area (Å²) in [5, 5.41) is 2.95. The highest BCUT2D eigenvalue weighted by molar-refractivity contribution is 7.01. The van der Waals surface area contributed by atoms with Crippen LogP contribution in [0.25, 0.3) is 67.5 Å². The SMILES string of the molecule is C[Si]1(C)c2ccccc2C(c2ccc(-c3cc(-c4ccccc4)cc(-c4ccccc4)c3)cc2-c2nc(-c3ccccc3)nc(-c3ccccc3)n2)c2ccccc21. The molecule has 0 saturated carbocycles. The van der Waals surface area contributed by atoms with E-state index in [0.29, 0.717) is 17.5 Å². The lowest BCUT2D eigenvalue weighted by atomic mass is 9.81. The topological polar surface area (TPSA) is 38.7 Å². The van der Waals surface area contributed by atoms with Gasteiger partial charge in [0.1, 0.15) is 8.07 Å². The van der Waals surface area contributed by atoms with Gasteiger partial charge < -0.3 is 0 Å². The van der Waals surface area contributed by atoms with Crippen LogP contribution in [0.5, 0.6) is 0 Å². The molecule has 0 N–H and O–H groups in total. The Kier molecular flexibility index (Phi) is 9.04. The Labute approximate surface area is 341 Å². The molecule has 4 heteroatoms. The number of aromatic nitrogens is 3. The van der Waals surface area contributed by atoms with Gasteiger partial charge in [-0.1, -0.05) is 205 Å². The Hall–Kier alpha value is -7.01. The molecule has 0 aliphatic carbocycles. The minimum Gasteiger partial charge on any atom is -0.208 e. The Morgan fingerprint density at radius 1 is 0.310 bits per heavy atom. The van der Waals surface area contributed by atoms with Crippen molar-refractivity contribution in [3.8, 4) is 67.5 Å². The fraction of sp³-hybridized carbons (Fsp3) is 0.0556. The number of hydrogen-bond donors (Lipinski definition) is 0. The molecule has 1 aliphatic rings. The minimum absolute atomic E-state index is 0.00961. The fourth-order valence-corrected chi connectivity index (χ4v) is 12.0. The first-order chi connectivity index (χ1) is 28.5. The van der Waals surface area contributed by atoms with Crippen molar-refractivity contribution in [1.29, 1.82) is 0 Å². The third kappa shape index (κ3) is 6.48. The summed E-state index contributed by atoms with van der Waals surface area (Å²) in [6.07, 6.45) is 0. The number of nitrogens with zero attached hydrogens (tertiary/aromatic N) is 3. The molecule has 58 heavy (non-hydrogen) atoms. The van der Waals surface area contributed by atoms with Crippen molar-refractivity contribution in [3.63, 3.8) is 0 Å². The highest BCUT2D eigenvalue weighted by Crippen LogP contribution is 2.43. The van der Waals surface area contributed by atoms with Crippen molar-refractivity contribution in [2.75, 3.05) is 0 Å². The molecule has 9 aromatic rings. The Balaban J connectivity index is 1.26. The molecule has 0 bridgehead atoms. The summed E-state index contributed by atoms with van der Waals surface area (Å²) in [6, 6.07) is 74.0. The van der Waals surface area contributed by atoms with Gasteiger partial charge in [0, 0.05) is 22.6 Å². The summed E-state index contributed by atoms with van der Waals surface area (Å²) in [4.78, 5) is 15.8. The van der Waals surface area contributed by atoms with Crippen molar-refractivity contribution in [1.82, 2.24) is 15.0 Å². The minimum atomic E-state index is -1.99. The number of fused-ring (bicyclic) bond motifs is 2. The fourth-order valence-electron chi connectivity index (χ4n) is 8.78. The molecule has 276 valence electrons. The highest BCUT2D eigenvalue weighted by atomic mass is 28.3. The summed E-state index contributed by atoms with van der Waals surface area (Å²) in [6.45, 7) is 4.97. The van der Waals surface area contributed by atoms with Crippen LogP contribution in [0.4, 0.5) is 0 Å². The van der Waals surface area contributed by atoms with Gasteiger partial charge in [-0.15, -0.1) is 0 Å². The van der Waals surface area contributed by atoms with Gasteiger partial charge in [-0.2, -0.15) is 0 Å². The molecule has 0 saturated heterocycles. The van der Waals surface area contributed by atoms with E-state index in [0.717, 1.165) is 27.8 Å². The molecule has 0 unspecified atom stereocenters. The van der Waals surface area contributed by atoms with E-state index in [9.17, 15) is 0 Å². The van der Waals surface area contributed by atoms with Crippen LogP contribution in [-0.2, 0) is 0 Å². The maximum Gasteiger partial charge on any atom is 0.164 e. The van der Waals surface area contributed by atoms with Gasteiger partial charge in [0.2, 0.25) is 0 Å². The second-order valence-corrected chi connectivity index (χ2v) is 19.9. The summed E-state index contributed by atoms with van der Waals surface area (Å²) < 4.78 is 0. The van der Waals surface area contributed by atoms with Crippen molar-refractivity contribution in [2.45, 2.75) is 19.0 Å². The zero-order valence-corrected chi connectivity index (χ0v) is 33.5. The van der Waals surface area contributed by atoms with Crippen molar-refractivity contribution in [3.05, 3.63) is 223 Å². The smallest absolute Gasteiger partial charge is 0.164 e. The van der Waals surface area contributed by atoms with E-state index in [-0.39, 0.29) is 5.92 Å². The summed E-state index contributed by atoms with van der Waals surface area (Å²) in [5.41, 5.74) is 13.7. The van der Waals surface area contributed by atoms with Crippen LogP contribution in [0.1, 0.15) is 22.6 Å². The largest absolute Gasteiger partial charge is 0.208 e. The van der Waals surface area contributed by atoms with E-state index in [1.54, 1.807) is 0 Å². The quantitative estimate of drug-likeness (QED) is 0.152. The van der Waals surface area contributed by atoms with E-state index < -0.39 is 8.07 Å². The molecule has 2 heterocycles. The van der Waals surface area contributed by atoms with E-state index in [1.807, 2.05) is 36.4 Å². The molecular weight excluding hydrogens is 719 g/mol. The molecule has 1 aromatic heterocycles. The van der Waals surface area contributed by atoms with Crippen LogP contribution in [0, 0.1) is 0 Å². The summed E-state index contributed by atoms with van der Waals surface area (Å²) in [5.74, 6) is 1.95. The molecule has 0 atom stereocenters. The first-order valence-electron chi connectivity index (χ1n) is 20.0. The monoisotopic (exact) mass is 759 g/mol. The van der Waals surface area contributed by atoms with E-state index in [1.165, 1.54) is 49.3 Å². The molecule has 0 amide bonds. The summed E-state index contributed by atoms with van der Waals surface area (Å²) >= 11 is 0. The molecule has 8 aromatic carbocycles. The maximum absolute atomic E-state index is 5.35. The van der Waals surface area contributed by atoms with E-state index >= 15 is 0 Å². The van der Waals surface area contributed by atoms with Gasteiger partial charge in [-0.3, -0.25) is 0 Å². The predicted octanol–water partition coefficient (Wildman–Crippen LogP) is 12.2. The lowest BCUT2D eigenvalue weighted by Crippen LogP contribution is -2.59. The zero-order valence-electron chi connectivity index (χ0n) is 32.5. The average molecular weight is 760 g/mol. The molecule has 0 fully saturated rings. The average Bonchev–Trinajstić information content (AvgIpc) is 3.30. The van der Waals surface area contributed by atoms with Gasteiger partial charge in [0.15, 0.2) is 17.5 Å². The van der Waals surface area contributed by atoms with Crippen LogP contribution in [0.2, 0.25) is 13.1 Å². The first kappa shape index (κ1) is 35.4. The highest BCUT2D eigenvalue weighted by Gasteiger charge is 2.40. The number of hydrogen-bond acceptors (Lipinski definition) is 3. The van der Waals surface area contributed by atoms with Crippen LogP contribution < -0.4 is 10.4 Å². The van der Waals surface area contributed by atoms with Gasteiger partial charge in [-0.05, 0) is 74.3 Å². The second kappa shape index (κ2) is 14.8. The van der Waals surface area contributed by atoms with Gasteiger partial charge in [0.05, 0.1) is 0 Å². The summed E-state index contributed by atoms with van der Waals surface area (Å²) in [7, 11) is -1.99. The molecule has 0 radical (unpaired) electrons. The van der Waals surface area contributed by atoms with E-state index in [2.05, 4.69) is 183 Å². The normalized spacial score (nSPS) is 13.1. The zero-order chi connectivity index (χ0) is 39.1. The molecule has 1 aliphatic heterocycles.